The molecule has 0 saturated heterocycles. The van der Waals surface area contributed by atoms with E-state index in [2.05, 4.69) is 6.07 Å². The van der Waals surface area contributed by atoms with Gasteiger partial charge in [-0.2, -0.15) is 5.26 Å². The molecule has 1 aliphatic heterocycles. The molecule has 3 aromatic carbocycles. The fraction of sp³-hybridized carbons (Fsp3) is 0.259. The van der Waals surface area contributed by atoms with Gasteiger partial charge >= 0.3 is 5.97 Å². The lowest BCUT2D eigenvalue weighted by molar-refractivity contribution is -0.137. The smallest absolute Gasteiger partial charge is 0.304 e. The number of carboxylic acids is 1. The van der Waals surface area contributed by atoms with Crippen molar-refractivity contribution < 1.29 is 33.2 Å². The van der Waals surface area contributed by atoms with Gasteiger partial charge in [0.1, 0.15) is 46.7 Å². The number of rotatable bonds is 7. The monoisotopic (exact) mass is 475 g/mol. The molecule has 0 spiro atoms. The molecule has 0 radical (unpaired) electrons. The first kappa shape index (κ1) is 22.5. The van der Waals surface area contributed by atoms with Gasteiger partial charge in [-0.25, -0.2) is 4.39 Å². The number of hydrogen-bond donors (Lipinski definition) is 1. The third-order valence-electron chi connectivity index (χ3n) is 6.32. The Hall–Kier alpha value is -4.25. The van der Waals surface area contributed by atoms with Gasteiger partial charge in [0.05, 0.1) is 25.7 Å². The molecule has 1 aliphatic carbocycles. The van der Waals surface area contributed by atoms with Crippen LogP contribution in [0.5, 0.6) is 28.7 Å². The van der Waals surface area contributed by atoms with E-state index in [1.54, 1.807) is 36.4 Å². The van der Waals surface area contributed by atoms with E-state index < -0.39 is 12.1 Å². The maximum atomic E-state index is 14.9. The van der Waals surface area contributed by atoms with Crippen LogP contribution in [-0.4, -0.2) is 24.8 Å². The summed E-state index contributed by atoms with van der Waals surface area (Å²) >= 11 is 0. The van der Waals surface area contributed by atoms with Gasteiger partial charge in [-0.3, -0.25) is 4.79 Å². The molecule has 178 valence electrons. The van der Waals surface area contributed by atoms with E-state index in [0.29, 0.717) is 59.3 Å². The van der Waals surface area contributed by atoms with E-state index in [1.165, 1.54) is 13.2 Å². The first-order chi connectivity index (χ1) is 17.0. The van der Waals surface area contributed by atoms with Gasteiger partial charge in [0, 0.05) is 34.7 Å². The molecule has 0 bridgehead atoms. The third-order valence-corrected chi connectivity index (χ3v) is 6.32. The van der Waals surface area contributed by atoms with E-state index in [1.807, 2.05) is 6.07 Å². The van der Waals surface area contributed by atoms with Crippen molar-refractivity contribution in [3.8, 4) is 34.8 Å². The maximum Gasteiger partial charge on any atom is 0.304 e. The molecule has 0 saturated carbocycles. The van der Waals surface area contributed by atoms with Gasteiger partial charge in [0.2, 0.25) is 0 Å². The Morgan fingerprint density at radius 3 is 2.77 bits per heavy atom. The number of nitriles is 1. The largest absolute Gasteiger partial charge is 0.495 e. The van der Waals surface area contributed by atoms with Gasteiger partial charge in [-0.05, 0) is 43.2 Å². The summed E-state index contributed by atoms with van der Waals surface area (Å²) in [7, 11) is 1.48. The number of carboxylic acid groups (broad SMARTS) is 1. The number of ether oxygens (including phenoxy) is 4. The van der Waals surface area contributed by atoms with Crippen LogP contribution in [0.3, 0.4) is 0 Å². The molecule has 0 amide bonds. The van der Waals surface area contributed by atoms with E-state index in [0.717, 1.165) is 11.1 Å². The van der Waals surface area contributed by atoms with Crippen LogP contribution < -0.4 is 18.9 Å². The van der Waals surface area contributed by atoms with Crippen molar-refractivity contribution in [2.24, 2.45) is 0 Å². The first-order valence-corrected chi connectivity index (χ1v) is 11.2. The van der Waals surface area contributed by atoms with E-state index in [4.69, 9.17) is 24.1 Å². The summed E-state index contributed by atoms with van der Waals surface area (Å²) in [5, 5.41) is 18.3. The fourth-order valence-corrected chi connectivity index (χ4v) is 4.68. The fourth-order valence-electron chi connectivity index (χ4n) is 4.68. The highest BCUT2D eigenvalue weighted by Gasteiger charge is 2.32. The molecule has 1 heterocycles. The third kappa shape index (κ3) is 4.33. The highest BCUT2D eigenvalue weighted by atomic mass is 19.1. The average Bonchev–Trinajstić information content (AvgIpc) is 3.45. The van der Waals surface area contributed by atoms with E-state index in [9.17, 15) is 14.4 Å². The minimum Gasteiger partial charge on any atom is -0.495 e. The number of nitrogens with zero attached hydrogens (tertiary/aromatic N) is 1. The van der Waals surface area contributed by atoms with Gasteiger partial charge in [-0.1, -0.05) is 6.07 Å². The first-order valence-electron chi connectivity index (χ1n) is 11.2. The van der Waals surface area contributed by atoms with Crippen LogP contribution in [0.1, 0.15) is 47.1 Å². The summed E-state index contributed by atoms with van der Waals surface area (Å²) in [6, 6.07) is 15.2. The van der Waals surface area contributed by atoms with Gasteiger partial charge < -0.3 is 24.1 Å². The average molecular weight is 475 g/mol. The van der Waals surface area contributed by atoms with Gasteiger partial charge in [0.25, 0.3) is 0 Å². The number of benzene rings is 3. The SMILES string of the molecule is COc1cc(Oc2ccc(F)c3c2CC[C@H]3Oc2ccc3c(c2)OCC3CC(=O)O)ccc1C#N. The predicted octanol–water partition coefficient (Wildman–Crippen LogP) is 5.52. The number of carbonyl (C=O) groups is 1. The summed E-state index contributed by atoms with van der Waals surface area (Å²) in [6.45, 7) is 0.312. The summed E-state index contributed by atoms with van der Waals surface area (Å²) in [5.41, 5.74) is 2.42. The Labute approximate surface area is 201 Å². The molecule has 0 aromatic heterocycles. The number of fused-ring (bicyclic) bond motifs is 2. The standard InChI is InChI=1S/C27H22FNO6/c1-32-24-11-17(3-2-15(24)13-29)34-22-9-7-21(28)27-20(22)6-8-23(27)35-18-4-5-19-16(10-26(30)31)14-33-25(19)12-18/h2-5,7,9,11-12,16,23H,6,8,10,14H2,1H3,(H,30,31)/t16?,23-/m1/s1. The van der Waals surface area contributed by atoms with Crippen LogP contribution >= 0.6 is 0 Å². The number of hydrogen-bond acceptors (Lipinski definition) is 6. The van der Waals surface area contributed by atoms with Crippen LogP contribution in [0.4, 0.5) is 4.39 Å². The lowest BCUT2D eigenvalue weighted by Crippen LogP contribution is -2.07. The molecule has 2 atom stereocenters. The van der Waals surface area contributed by atoms with Crippen molar-refractivity contribution >= 4 is 5.97 Å². The molecule has 1 unspecified atom stereocenters. The normalized spacial score (nSPS) is 17.6. The minimum atomic E-state index is -0.873. The molecule has 5 rings (SSSR count). The topological polar surface area (TPSA) is 98.0 Å². The molecule has 7 nitrogen and oxygen atoms in total. The zero-order valence-corrected chi connectivity index (χ0v) is 18.9. The second-order valence-corrected chi connectivity index (χ2v) is 8.46. The molecular formula is C27H22FNO6. The molecule has 3 aromatic rings. The van der Waals surface area contributed by atoms with Crippen molar-refractivity contribution in [1.82, 2.24) is 0 Å². The van der Waals surface area contributed by atoms with Crippen LogP contribution in [0.25, 0.3) is 0 Å². The number of methoxy groups -OCH3 is 1. The molecule has 2 aliphatic rings. The molecule has 0 fully saturated rings. The quantitative estimate of drug-likeness (QED) is 0.481. The van der Waals surface area contributed by atoms with Crippen molar-refractivity contribution in [2.75, 3.05) is 13.7 Å². The lowest BCUT2D eigenvalue weighted by Gasteiger charge is -2.17. The molecule has 8 heteroatoms. The van der Waals surface area contributed by atoms with Crippen molar-refractivity contribution in [3.63, 3.8) is 0 Å². The highest BCUT2D eigenvalue weighted by Crippen LogP contribution is 2.44. The Balaban J connectivity index is 1.37. The van der Waals surface area contributed by atoms with Gasteiger partial charge in [-0.15, -0.1) is 0 Å². The van der Waals surface area contributed by atoms with Crippen molar-refractivity contribution in [3.05, 3.63) is 76.6 Å². The van der Waals surface area contributed by atoms with Crippen LogP contribution in [-0.2, 0) is 11.2 Å². The Bertz CT molecular complexity index is 1350. The number of halogens is 1. The second kappa shape index (κ2) is 9.18. The Morgan fingerprint density at radius 1 is 1.17 bits per heavy atom. The van der Waals surface area contributed by atoms with E-state index >= 15 is 0 Å². The zero-order valence-electron chi connectivity index (χ0n) is 18.9. The predicted molar refractivity (Wildman–Crippen MR) is 123 cm³/mol. The summed E-state index contributed by atoms with van der Waals surface area (Å²) in [6.07, 6.45) is 0.645. The highest BCUT2D eigenvalue weighted by molar-refractivity contribution is 5.69. The molecular weight excluding hydrogens is 453 g/mol. The lowest BCUT2D eigenvalue weighted by atomic mass is 9.98. The summed E-state index contributed by atoms with van der Waals surface area (Å²) in [4.78, 5) is 11.1. The Kier molecular flexibility index (Phi) is 5.91. The Morgan fingerprint density at radius 2 is 2.00 bits per heavy atom. The minimum absolute atomic E-state index is 0.00229. The zero-order chi connectivity index (χ0) is 24.5. The van der Waals surface area contributed by atoms with Crippen LogP contribution in [0.15, 0.2) is 48.5 Å². The summed E-state index contributed by atoms with van der Waals surface area (Å²) < 4.78 is 38.0. The molecule has 1 N–H and O–H groups in total. The van der Waals surface area contributed by atoms with Crippen LogP contribution in [0, 0.1) is 17.1 Å². The van der Waals surface area contributed by atoms with Crippen molar-refractivity contribution in [1.29, 1.82) is 5.26 Å². The van der Waals surface area contributed by atoms with Crippen LogP contribution in [0.2, 0.25) is 0 Å². The number of aliphatic carboxylic acids is 1. The summed E-state index contributed by atoms with van der Waals surface area (Å²) in [5.74, 6) is 1.09. The van der Waals surface area contributed by atoms with Gasteiger partial charge in [0.15, 0.2) is 0 Å². The molecule has 35 heavy (non-hydrogen) atoms. The second-order valence-electron chi connectivity index (χ2n) is 8.46. The van der Waals surface area contributed by atoms with E-state index in [-0.39, 0.29) is 18.2 Å². The maximum absolute atomic E-state index is 14.9. The van der Waals surface area contributed by atoms with Crippen molar-refractivity contribution in [2.45, 2.75) is 31.3 Å².